The topological polar surface area (TPSA) is 53.1 Å². The summed E-state index contributed by atoms with van der Waals surface area (Å²) in [5.41, 5.74) is 1.51. The average Bonchev–Trinajstić information content (AvgIpc) is 3.11. The highest BCUT2D eigenvalue weighted by atomic mass is 32.1. The van der Waals surface area contributed by atoms with E-state index in [-0.39, 0.29) is 17.2 Å². The normalized spacial score (nSPS) is 24.8. The fourth-order valence-corrected chi connectivity index (χ4v) is 5.24. The fourth-order valence-electron chi connectivity index (χ4n) is 4.59. The summed E-state index contributed by atoms with van der Waals surface area (Å²) in [6, 6.07) is 2.47. The van der Waals surface area contributed by atoms with Gasteiger partial charge >= 0.3 is 0 Å². The third-order valence-corrected chi connectivity index (χ3v) is 7.17. The molecule has 0 bridgehead atoms. The van der Waals surface area contributed by atoms with Gasteiger partial charge in [0.25, 0.3) is 0 Å². The van der Waals surface area contributed by atoms with Crippen molar-refractivity contribution in [2.45, 2.75) is 38.8 Å². The van der Waals surface area contributed by atoms with Crippen molar-refractivity contribution in [3.63, 3.8) is 0 Å². The van der Waals surface area contributed by atoms with Crippen LogP contribution in [-0.4, -0.2) is 78.5 Å². The third kappa shape index (κ3) is 4.20. The molecule has 2 aliphatic heterocycles. The van der Waals surface area contributed by atoms with E-state index in [0.717, 1.165) is 52.0 Å². The van der Waals surface area contributed by atoms with Gasteiger partial charge in [-0.1, -0.05) is 0 Å². The zero-order chi connectivity index (χ0) is 18.9. The number of ether oxygens (including phenoxy) is 1. The van der Waals surface area contributed by atoms with Gasteiger partial charge in [-0.05, 0) is 60.2 Å². The summed E-state index contributed by atoms with van der Waals surface area (Å²) in [6.45, 7) is 7.59. The van der Waals surface area contributed by atoms with E-state index in [0.29, 0.717) is 25.8 Å². The molecule has 4 rings (SSSR count). The summed E-state index contributed by atoms with van der Waals surface area (Å²) in [5, 5.41) is 4.20. The van der Waals surface area contributed by atoms with Crippen LogP contribution < -0.4 is 0 Å². The number of carbonyl (C=O) groups is 2. The predicted molar refractivity (Wildman–Crippen MR) is 104 cm³/mol. The second-order valence-electron chi connectivity index (χ2n) is 8.13. The molecular weight excluding hydrogens is 362 g/mol. The van der Waals surface area contributed by atoms with E-state index < -0.39 is 0 Å². The summed E-state index contributed by atoms with van der Waals surface area (Å²) in [5.74, 6) is 0.400. The van der Waals surface area contributed by atoms with Gasteiger partial charge in [-0.25, -0.2) is 0 Å². The lowest BCUT2D eigenvalue weighted by Crippen LogP contribution is -2.48. The Kier molecular flexibility index (Phi) is 5.53. The number of rotatable bonds is 5. The van der Waals surface area contributed by atoms with Crippen molar-refractivity contribution in [3.8, 4) is 0 Å². The SMILES string of the molecule is CC(=O)N(Cc1ccsc1)[C@H]1CC12CCN(CC(=O)N1CCOCC1)CC2. The number of piperidine rings is 1. The van der Waals surface area contributed by atoms with Crippen molar-refractivity contribution in [2.75, 3.05) is 45.9 Å². The van der Waals surface area contributed by atoms with E-state index in [1.54, 1.807) is 18.3 Å². The first-order valence-corrected chi connectivity index (χ1v) is 10.9. The van der Waals surface area contributed by atoms with Crippen molar-refractivity contribution in [1.82, 2.24) is 14.7 Å². The van der Waals surface area contributed by atoms with Crippen LogP contribution in [0.5, 0.6) is 0 Å². The molecule has 0 N–H and O–H groups in total. The van der Waals surface area contributed by atoms with Crippen molar-refractivity contribution >= 4 is 23.2 Å². The molecule has 3 aliphatic rings. The van der Waals surface area contributed by atoms with Crippen LogP contribution in [0.25, 0.3) is 0 Å². The van der Waals surface area contributed by atoms with E-state index in [4.69, 9.17) is 4.74 Å². The van der Waals surface area contributed by atoms with Gasteiger partial charge in [0.15, 0.2) is 0 Å². The Hall–Kier alpha value is -1.44. The van der Waals surface area contributed by atoms with Gasteiger partial charge in [0, 0.05) is 32.6 Å². The minimum Gasteiger partial charge on any atom is -0.378 e. The molecule has 6 nitrogen and oxygen atoms in total. The largest absolute Gasteiger partial charge is 0.378 e. The lowest BCUT2D eigenvalue weighted by Gasteiger charge is -2.36. The highest BCUT2D eigenvalue weighted by molar-refractivity contribution is 7.07. The lowest BCUT2D eigenvalue weighted by atomic mass is 9.92. The maximum atomic E-state index is 12.5. The van der Waals surface area contributed by atoms with Gasteiger partial charge < -0.3 is 14.5 Å². The van der Waals surface area contributed by atoms with E-state index in [9.17, 15) is 9.59 Å². The number of thiophene rings is 1. The summed E-state index contributed by atoms with van der Waals surface area (Å²) >= 11 is 1.68. The standard InChI is InChI=1S/C20H29N3O3S/c1-16(24)23(13-17-2-11-27-15-17)18-12-20(18)3-5-21(6-4-20)14-19(25)22-7-9-26-10-8-22/h2,11,15,18H,3-10,12-14H2,1H3/t18-/m0/s1. The number of carbonyl (C=O) groups excluding carboxylic acids is 2. The molecule has 1 saturated carbocycles. The molecule has 3 heterocycles. The van der Waals surface area contributed by atoms with Gasteiger partial charge in [0.1, 0.15) is 0 Å². The number of morpholine rings is 1. The van der Waals surface area contributed by atoms with Gasteiger partial charge in [-0.3, -0.25) is 14.5 Å². The van der Waals surface area contributed by atoms with Crippen molar-refractivity contribution in [1.29, 1.82) is 0 Å². The third-order valence-electron chi connectivity index (χ3n) is 6.43. The summed E-state index contributed by atoms with van der Waals surface area (Å²) < 4.78 is 5.33. The molecule has 1 atom stereocenters. The molecule has 7 heteroatoms. The maximum Gasteiger partial charge on any atom is 0.236 e. The molecule has 0 unspecified atom stereocenters. The Morgan fingerprint density at radius 2 is 2.00 bits per heavy atom. The molecular formula is C20H29N3O3S. The first-order chi connectivity index (χ1) is 13.1. The van der Waals surface area contributed by atoms with Crippen molar-refractivity contribution in [3.05, 3.63) is 22.4 Å². The molecule has 1 aromatic heterocycles. The van der Waals surface area contributed by atoms with E-state index >= 15 is 0 Å². The lowest BCUT2D eigenvalue weighted by molar-refractivity contribution is -0.136. The minimum atomic E-state index is 0.174. The monoisotopic (exact) mass is 391 g/mol. The quantitative estimate of drug-likeness (QED) is 0.768. The highest BCUT2D eigenvalue weighted by Crippen LogP contribution is 2.57. The van der Waals surface area contributed by atoms with Crippen LogP contribution in [0.4, 0.5) is 0 Å². The Bertz CT molecular complexity index is 664. The number of amides is 2. The first-order valence-electron chi connectivity index (χ1n) is 9.94. The maximum absolute atomic E-state index is 12.5. The highest BCUT2D eigenvalue weighted by Gasteiger charge is 2.58. The second kappa shape index (κ2) is 7.89. The Labute approximate surface area is 165 Å². The van der Waals surface area contributed by atoms with Crippen LogP contribution in [0.15, 0.2) is 16.8 Å². The van der Waals surface area contributed by atoms with Gasteiger partial charge in [0.2, 0.25) is 11.8 Å². The van der Waals surface area contributed by atoms with Crippen LogP contribution in [0.2, 0.25) is 0 Å². The molecule has 148 valence electrons. The molecule has 1 aliphatic carbocycles. The second-order valence-corrected chi connectivity index (χ2v) is 8.91. The Balaban J connectivity index is 1.28. The van der Waals surface area contributed by atoms with E-state index in [1.807, 2.05) is 4.90 Å². The summed E-state index contributed by atoms with van der Waals surface area (Å²) in [7, 11) is 0. The van der Waals surface area contributed by atoms with Crippen LogP contribution in [0.3, 0.4) is 0 Å². The molecule has 3 fully saturated rings. The zero-order valence-electron chi connectivity index (χ0n) is 16.1. The van der Waals surface area contributed by atoms with Crippen molar-refractivity contribution in [2.24, 2.45) is 5.41 Å². The van der Waals surface area contributed by atoms with Gasteiger partial charge in [-0.2, -0.15) is 11.3 Å². The summed E-state index contributed by atoms with van der Waals surface area (Å²) in [4.78, 5) is 31.0. The first kappa shape index (κ1) is 18.9. The van der Waals surface area contributed by atoms with Gasteiger partial charge in [-0.15, -0.1) is 0 Å². The zero-order valence-corrected chi connectivity index (χ0v) is 16.9. The molecule has 27 heavy (non-hydrogen) atoms. The van der Waals surface area contributed by atoms with Crippen LogP contribution >= 0.6 is 11.3 Å². The smallest absolute Gasteiger partial charge is 0.236 e. The predicted octanol–water partition coefficient (Wildman–Crippen LogP) is 1.81. The number of hydrogen-bond donors (Lipinski definition) is 0. The Morgan fingerprint density at radius 3 is 2.63 bits per heavy atom. The number of nitrogens with zero attached hydrogens (tertiary/aromatic N) is 3. The minimum absolute atomic E-state index is 0.174. The Morgan fingerprint density at radius 1 is 1.26 bits per heavy atom. The molecule has 1 aromatic rings. The summed E-state index contributed by atoms with van der Waals surface area (Å²) in [6.07, 6.45) is 3.28. The number of hydrogen-bond acceptors (Lipinski definition) is 5. The fraction of sp³-hybridized carbons (Fsp3) is 0.700. The molecule has 2 amide bonds. The van der Waals surface area contributed by atoms with E-state index in [1.165, 1.54) is 5.56 Å². The average molecular weight is 392 g/mol. The molecule has 0 aromatic carbocycles. The van der Waals surface area contributed by atoms with Crippen LogP contribution in [0.1, 0.15) is 31.7 Å². The van der Waals surface area contributed by atoms with Crippen molar-refractivity contribution < 1.29 is 14.3 Å². The molecule has 0 radical (unpaired) electrons. The number of likely N-dealkylation sites (tertiary alicyclic amines) is 1. The van der Waals surface area contributed by atoms with E-state index in [2.05, 4.69) is 26.6 Å². The van der Waals surface area contributed by atoms with Gasteiger partial charge in [0.05, 0.1) is 19.8 Å². The van der Waals surface area contributed by atoms with Crippen LogP contribution in [-0.2, 0) is 20.9 Å². The molecule has 2 saturated heterocycles. The van der Waals surface area contributed by atoms with Crippen LogP contribution in [0, 0.1) is 5.41 Å². The molecule has 1 spiro atoms.